The van der Waals surface area contributed by atoms with Crippen LogP contribution in [0.4, 0.5) is 4.79 Å². The van der Waals surface area contributed by atoms with E-state index in [0.29, 0.717) is 25.7 Å². The van der Waals surface area contributed by atoms with E-state index in [-0.39, 0.29) is 5.92 Å². The molecule has 2 atom stereocenters. The molecule has 0 bridgehead atoms. The molecule has 2 aliphatic rings. The zero-order chi connectivity index (χ0) is 23.3. The molecular formula is C23H38N2O5S. The van der Waals surface area contributed by atoms with Gasteiger partial charge in [0.05, 0.1) is 4.75 Å². The minimum atomic E-state index is -3.83. The highest BCUT2D eigenvalue weighted by Gasteiger charge is 2.63. The highest BCUT2D eigenvalue weighted by molar-refractivity contribution is 7.91. The number of alkyl carbamates (subject to hydrolysis) is 1. The largest absolute Gasteiger partial charge is 0.444 e. The van der Waals surface area contributed by atoms with Crippen molar-refractivity contribution in [1.29, 1.82) is 0 Å². The second-order valence-electron chi connectivity index (χ2n) is 9.86. The Morgan fingerprint density at radius 1 is 1.10 bits per heavy atom. The van der Waals surface area contributed by atoms with Crippen molar-refractivity contribution < 1.29 is 22.7 Å². The van der Waals surface area contributed by atoms with Crippen LogP contribution in [-0.2, 0) is 19.6 Å². The molecule has 0 aliphatic heterocycles. The summed E-state index contributed by atoms with van der Waals surface area (Å²) in [6, 6.07) is 0. The molecule has 2 saturated carbocycles. The monoisotopic (exact) mass is 454 g/mol. The predicted molar refractivity (Wildman–Crippen MR) is 122 cm³/mol. The van der Waals surface area contributed by atoms with Crippen LogP contribution in [0.25, 0.3) is 0 Å². The molecule has 2 N–H and O–H groups in total. The van der Waals surface area contributed by atoms with Crippen molar-refractivity contribution in [3.05, 3.63) is 25.3 Å². The number of amides is 2. The molecule has 2 amide bonds. The van der Waals surface area contributed by atoms with Gasteiger partial charge >= 0.3 is 6.09 Å². The van der Waals surface area contributed by atoms with Gasteiger partial charge in [-0.1, -0.05) is 37.8 Å². The van der Waals surface area contributed by atoms with Gasteiger partial charge in [-0.3, -0.25) is 9.52 Å². The summed E-state index contributed by atoms with van der Waals surface area (Å²) in [6.07, 6.45) is 10.8. The van der Waals surface area contributed by atoms with Gasteiger partial charge in [0.25, 0.3) is 5.91 Å². The first-order chi connectivity index (χ1) is 14.4. The molecule has 0 radical (unpaired) electrons. The van der Waals surface area contributed by atoms with Crippen molar-refractivity contribution >= 4 is 22.0 Å². The van der Waals surface area contributed by atoms with E-state index in [9.17, 15) is 18.0 Å². The van der Waals surface area contributed by atoms with Gasteiger partial charge in [-0.15, -0.1) is 13.2 Å². The molecule has 8 heteroatoms. The third kappa shape index (κ3) is 6.57. The molecule has 0 aromatic rings. The van der Waals surface area contributed by atoms with E-state index in [1.54, 1.807) is 26.8 Å². The second-order valence-corrected chi connectivity index (χ2v) is 11.9. The Morgan fingerprint density at radius 2 is 1.71 bits per heavy atom. The van der Waals surface area contributed by atoms with Crippen LogP contribution in [-0.4, -0.2) is 36.3 Å². The fourth-order valence-electron chi connectivity index (χ4n) is 3.90. The van der Waals surface area contributed by atoms with E-state index in [2.05, 4.69) is 23.2 Å². The third-order valence-electron chi connectivity index (χ3n) is 6.07. The second kappa shape index (κ2) is 9.76. The number of ether oxygens (including phenoxy) is 1. The number of rotatable bonds is 13. The smallest absolute Gasteiger partial charge is 0.408 e. The summed E-state index contributed by atoms with van der Waals surface area (Å²) in [5.41, 5.74) is -2.05. The molecule has 0 unspecified atom stereocenters. The van der Waals surface area contributed by atoms with E-state index in [1.807, 2.05) is 6.08 Å². The van der Waals surface area contributed by atoms with Gasteiger partial charge in [0.2, 0.25) is 10.0 Å². The van der Waals surface area contributed by atoms with Crippen molar-refractivity contribution in [2.75, 3.05) is 0 Å². The van der Waals surface area contributed by atoms with Crippen molar-refractivity contribution in [3.63, 3.8) is 0 Å². The fraction of sp³-hybridized carbons (Fsp3) is 0.739. The summed E-state index contributed by atoms with van der Waals surface area (Å²) in [5, 5.41) is 2.58. The van der Waals surface area contributed by atoms with Gasteiger partial charge in [-0.2, -0.15) is 0 Å². The van der Waals surface area contributed by atoms with Crippen LogP contribution in [0.5, 0.6) is 0 Å². The number of allylic oxidation sites excluding steroid dienone is 1. The molecule has 31 heavy (non-hydrogen) atoms. The molecule has 7 nitrogen and oxygen atoms in total. The molecule has 176 valence electrons. The zero-order valence-electron chi connectivity index (χ0n) is 19.2. The molecule has 0 saturated heterocycles. The molecule has 0 aromatic heterocycles. The number of unbranched alkanes of at least 4 members (excludes halogenated alkanes) is 5. The van der Waals surface area contributed by atoms with Gasteiger partial charge in [0.15, 0.2) is 0 Å². The zero-order valence-corrected chi connectivity index (χ0v) is 20.0. The molecular weight excluding hydrogens is 416 g/mol. The Kier molecular flexibility index (Phi) is 8.00. The summed E-state index contributed by atoms with van der Waals surface area (Å²) in [4.78, 5) is 25.2. The maximum atomic E-state index is 13.0. The molecule has 0 spiro atoms. The summed E-state index contributed by atoms with van der Waals surface area (Å²) in [6.45, 7) is 12.6. The Hall–Kier alpha value is -1.83. The maximum Gasteiger partial charge on any atom is 0.408 e. The number of carbonyl (C=O) groups excluding carboxylic acids is 2. The Balaban J connectivity index is 1.93. The molecule has 0 heterocycles. The quantitative estimate of drug-likeness (QED) is 0.318. The molecule has 0 aromatic carbocycles. The first-order valence-electron chi connectivity index (χ1n) is 11.2. The van der Waals surface area contributed by atoms with E-state index < -0.39 is 37.9 Å². The van der Waals surface area contributed by atoms with Crippen LogP contribution in [0.1, 0.15) is 85.0 Å². The Labute approximate surface area is 187 Å². The van der Waals surface area contributed by atoms with E-state index >= 15 is 0 Å². The van der Waals surface area contributed by atoms with Gasteiger partial charge in [0.1, 0.15) is 11.1 Å². The maximum absolute atomic E-state index is 13.0. The van der Waals surface area contributed by atoms with Gasteiger partial charge in [0, 0.05) is 5.92 Å². The Bertz CT molecular complexity index is 795. The number of sulfonamides is 1. The van der Waals surface area contributed by atoms with Crippen molar-refractivity contribution in [2.24, 2.45) is 5.92 Å². The van der Waals surface area contributed by atoms with Crippen molar-refractivity contribution in [1.82, 2.24) is 10.0 Å². The number of hydrogen-bond acceptors (Lipinski definition) is 5. The first kappa shape index (κ1) is 25.4. The lowest BCUT2D eigenvalue weighted by atomic mass is 10.1. The van der Waals surface area contributed by atoms with Crippen LogP contribution >= 0.6 is 0 Å². The lowest BCUT2D eigenvalue weighted by molar-refractivity contribution is -0.122. The minimum absolute atomic E-state index is 0.300. The number of nitrogens with one attached hydrogen (secondary N) is 2. The topological polar surface area (TPSA) is 102 Å². The van der Waals surface area contributed by atoms with Crippen molar-refractivity contribution in [3.8, 4) is 0 Å². The van der Waals surface area contributed by atoms with Gasteiger partial charge in [-0.05, 0) is 59.3 Å². The average molecular weight is 455 g/mol. The lowest BCUT2D eigenvalue weighted by Crippen LogP contribution is -2.54. The summed E-state index contributed by atoms with van der Waals surface area (Å²) < 4.78 is 32.7. The van der Waals surface area contributed by atoms with Crippen LogP contribution in [0.2, 0.25) is 0 Å². The summed E-state index contributed by atoms with van der Waals surface area (Å²) >= 11 is 0. The highest BCUT2D eigenvalue weighted by Crippen LogP contribution is 2.49. The predicted octanol–water partition coefficient (Wildman–Crippen LogP) is 4.35. The SMILES string of the molecule is C=CCCCCCCCC1(S(=O)(=O)NC(=O)[C@@]2(NC(=O)OC(C)(C)C)C[C@H]2C=C)CC1. The van der Waals surface area contributed by atoms with E-state index in [4.69, 9.17) is 4.74 Å². The van der Waals surface area contributed by atoms with Crippen molar-refractivity contribution in [2.45, 2.75) is 101 Å². The minimum Gasteiger partial charge on any atom is -0.444 e. The van der Waals surface area contributed by atoms with Gasteiger partial charge < -0.3 is 10.1 Å². The number of hydrogen-bond donors (Lipinski definition) is 2. The van der Waals surface area contributed by atoms with Crippen LogP contribution in [0, 0.1) is 5.92 Å². The van der Waals surface area contributed by atoms with Crippen LogP contribution in [0.3, 0.4) is 0 Å². The third-order valence-corrected chi connectivity index (χ3v) is 8.28. The average Bonchev–Trinajstić information content (AvgIpc) is 3.54. The highest BCUT2D eigenvalue weighted by atomic mass is 32.2. The molecule has 2 aliphatic carbocycles. The standard InChI is InChI=1S/C23H38N2O5S/c1-6-8-9-10-11-12-13-14-22(15-16-22)31(28,29)25-19(26)23(17-18(23)7-2)24-20(27)30-21(3,4)5/h6-7,18H,1-2,8-17H2,3-5H3,(H,24,27)(H,25,26)/t18-,23-/m1/s1. The fourth-order valence-corrected chi connectivity index (χ4v) is 5.60. The van der Waals surface area contributed by atoms with Crippen LogP contribution in [0.15, 0.2) is 25.3 Å². The summed E-state index contributed by atoms with van der Waals surface area (Å²) in [5.74, 6) is -1.04. The van der Waals surface area contributed by atoms with E-state index in [1.165, 1.54) is 0 Å². The summed E-state index contributed by atoms with van der Waals surface area (Å²) in [7, 11) is -3.83. The normalized spacial score (nSPS) is 24.0. The lowest BCUT2D eigenvalue weighted by Gasteiger charge is -2.24. The number of carbonyl (C=O) groups is 2. The first-order valence-corrected chi connectivity index (χ1v) is 12.7. The Morgan fingerprint density at radius 3 is 2.23 bits per heavy atom. The molecule has 2 rings (SSSR count). The van der Waals surface area contributed by atoms with Crippen LogP contribution < -0.4 is 10.0 Å². The van der Waals surface area contributed by atoms with E-state index in [0.717, 1.165) is 38.5 Å². The molecule has 2 fully saturated rings. The van der Waals surface area contributed by atoms with Gasteiger partial charge in [-0.25, -0.2) is 13.2 Å².